The molecule has 0 N–H and O–H groups in total. The largest absolute Gasteiger partial charge is 0.444 e. The Balaban J connectivity index is 0.000000126. The topological polar surface area (TPSA) is 249 Å². The fourth-order valence-electron chi connectivity index (χ4n) is 15.4. The molecule has 0 aliphatic carbocycles. The maximum atomic E-state index is 14.7. The van der Waals surface area contributed by atoms with Crippen LogP contribution in [0, 0.1) is 71.4 Å². The summed E-state index contributed by atoms with van der Waals surface area (Å²) in [7, 11) is 0. The molecule has 9 aromatic rings. The molecule has 458 valence electrons. The number of amides is 3. The molecule has 6 saturated heterocycles. The molecular formula is C73H65FN14O4. The Morgan fingerprint density at radius 2 is 0.837 bits per heavy atom. The molecule has 3 amide bonds. The first-order valence-corrected chi connectivity index (χ1v) is 31.4. The highest BCUT2D eigenvalue weighted by Gasteiger charge is 2.51. The van der Waals surface area contributed by atoms with Crippen LogP contribution in [0.15, 0.2) is 163 Å². The Morgan fingerprint density at radius 3 is 1.22 bits per heavy atom. The van der Waals surface area contributed by atoms with E-state index in [1.165, 1.54) is 12.3 Å². The van der Waals surface area contributed by atoms with Crippen molar-refractivity contribution in [2.45, 2.75) is 127 Å². The third-order valence-electron chi connectivity index (χ3n) is 19.5. The van der Waals surface area contributed by atoms with Crippen molar-refractivity contribution in [1.29, 1.82) is 15.8 Å². The summed E-state index contributed by atoms with van der Waals surface area (Å²) < 4.78 is 20.3. The van der Waals surface area contributed by atoms with Crippen molar-refractivity contribution in [1.82, 2.24) is 54.6 Å². The highest BCUT2D eigenvalue weighted by molar-refractivity contribution is 6.03. The lowest BCUT2D eigenvalue weighted by atomic mass is 9.86. The molecule has 3 aromatic carbocycles. The first kappa shape index (κ1) is 60.2. The van der Waals surface area contributed by atoms with Gasteiger partial charge in [-0.25, -0.2) is 29.3 Å². The highest BCUT2D eigenvalue weighted by atomic mass is 19.1. The van der Waals surface area contributed by atoms with Gasteiger partial charge in [0.15, 0.2) is 11.6 Å². The molecular weight excluding hydrogens is 1160 g/mol. The van der Waals surface area contributed by atoms with Crippen LogP contribution in [0.4, 0.5) is 4.39 Å². The van der Waals surface area contributed by atoms with E-state index in [0.29, 0.717) is 62.8 Å². The van der Waals surface area contributed by atoms with E-state index in [1.54, 1.807) is 79.9 Å². The van der Waals surface area contributed by atoms with Gasteiger partial charge in [-0.05, 0) is 193 Å². The summed E-state index contributed by atoms with van der Waals surface area (Å²) in [5.74, 6) is 1.86. The molecule has 9 atom stereocenters. The Kier molecular flexibility index (Phi) is 17.3. The number of aryl methyl sites for hydroxylation is 2. The molecule has 6 bridgehead atoms. The Labute approximate surface area is 532 Å². The van der Waals surface area contributed by atoms with Crippen molar-refractivity contribution in [3.05, 3.63) is 226 Å². The zero-order chi connectivity index (χ0) is 63.4. The average molecular weight is 1220 g/mol. The van der Waals surface area contributed by atoms with E-state index >= 15 is 0 Å². The van der Waals surface area contributed by atoms with Gasteiger partial charge in [-0.2, -0.15) is 15.8 Å². The summed E-state index contributed by atoms with van der Waals surface area (Å²) in [4.78, 5) is 81.9. The zero-order valence-corrected chi connectivity index (χ0v) is 51.0. The molecule has 0 spiro atoms. The molecule has 15 rings (SSSR count). The number of carbonyl (C=O) groups is 3. The average Bonchev–Trinajstić information content (AvgIpc) is 1.64. The minimum absolute atomic E-state index is 0.0645. The van der Waals surface area contributed by atoms with E-state index in [-0.39, 0.29) is 65.4 Å². The third-order valence-corrected chi connectivity index (χ3v) is 19.5. The molecule has 6 fully saturated rings. The van der Waals surface area contributed by atoms with Crippen LogP contribution in [-0.2, 0) is 19.3 Å². The molecule has 0 saturated carbocycles. The highest BCUT2D eigenvalue weighted by Crippen LogP contribution is 2.47. The first-order chi connectivity index (χ1) is 45.0. The second-order valence-corrected chi connectivity index (χ2v) is 24.7. The van der Waals surface area contributed by atoms with Crippen LogP contribution in [0.3, 0.4) is 0 Å². The zero-order valence-electron chi connectivity index (χ0n) is 51.0. The lowest BCUT2D eigenvalue weighted by Crippen LogP contribution is -2.37. The first-order valence-electron chi connectivity index (χ1n) is 31.4. The van der Waals surface area contributed by atoms with E-state index in [4.69, 9.17) is 20.2 Å². The number of rotatable bonds is 12. The number of fused-ring (bicyclic) bond motifs is 6. The summed E-state index contributed by atoms with van der Waals surface area (Å²) in [5.41, 5.74) is 9.96. The van der Waals surface area contributed by atoms with E-state index in [9.17, 15) is 18.8 Å². The van der Waals surface area contributed by atoms with Gasteiger partial charge in [0.2, 0.25) is 5.89 Å². The third kappa shape index (κ3) is 12.0. The van der Waals surface area contributed by atoms with Crippen LogP contribution in [0.25, 0.3) is 34.2 Å². The number of halogens is 1. The number of nitrogens with zero attached hydrogens (tertiary/aromatic N) is 14. The van der Waals surface area contributed by atoms with Crippen LogP contribution in [-0.4, -0.2) is 109 Å². The van der Waals surface area contributed by atoms with Crippen LogP contribution >= 0.6 is 0 Å². The summed E-state index contributed by atoms with van der Waals surface area (Å²) >= 11 is 0. The maximum Gasteiger partial charge on any atom is 0.255 e. The lowest BCUT2D eigenvalue weighted by molar-refractivity contribution is 0.0711. The van der Waals surface area contributed by atoms with Crippen molar-refractivity contribution in [2.75, 3.05) is 0 Å². The normalized spacial score (nSPS) is 22.0. The van der Waals surface area contributed by atoms with Gasteiger partial charge < -0.3 is 19.1 Å². The number of carbonyl (C=O) groups excluding carboxylic acids is 3. The molecule has 6 aliphatic rings. The SMILES string of the molecule is Cc1cccc(C(=O)N2C3CCC2C(Cc2ccc(C#N)cn2)C3)c1-c1ncccn1.Cc1cccc(C(=O)N2C3CCC2C(Cc2ccc(C#N)cn2)C3)c1-c1ncco1.N#Cc1ccc(CC2CC3CCC2N3C(=O)c2cccc(F)c2-c2ncccn2)nc1. The summed E-state index contributed by atoms with van der Waals surface area (Å²) in [6.07, 6.45) is 25.9. The van der Waals surface area contributed by atoms with Crippen molar-refractivity contribution < 1.29 is 23.2 Å². The van der Waals surface area contributed by atoms with E-state index in [1.807, 2.05) is 85.5 Å². The number of benzene rings is 3. The van der Waals surface area contributed by atoms with Crippen molar-refractivity contribution in [2.24, 2.45) is 17.8 Å². The fourth-order valence-corrected chi connectivity index (χ4v) is 15.4. The van der Waals surface area contributed by atoms with Gasteiger partial charge in [-0.3, -0.25) is 29.3 Å². The van der Waals surface area contributed by atoms with Gasteiger partial charge in [0, 0.05) is 102 Å². The number of hydrogen-bond acceptors (Lipinski definition) is 15. The van der Waals surface area contributed by atoms with Crippen LogP contribution in [0.5, 0.6) is 0 Å². The van der Waals surface area contributed by atoms with Crippen molar-refractivity contribution in [3.63, 3.8) is 0 Å². The second-order valence-electron chi connectivity index (χ2n) is 24.7. The molecule has 12 heterocycles. The fraction of sp³-hybridized carbons (Fsp3) is 0.315. The molecule has 0 radical (unpaired) electrons. The molecule has 92 heavy (non-hydrogen) atoms. The lowest BCUT2D eigenvalue weighted by Gasteiger charge is -2.25. The smallest absolute Gasteiger partial charge is 0.255 e. The standard InChI is InChI=1S/C25H23N5O.C24H20FN5O.C24H22N4O2/c1-16-4-2-5-21(23(16)24-27-10-3-11-28-24)25(31)30-20-8-9-22(30)18(13-20)12-19-7-6-17(14-26)15-29-19;25-20-4-1-3-19(22(20)23-27-9-2-10-28-23)24(31)30-18-7-8-21(30)16(12-18)11-17-6-5-15(13-26)14-29-17;1-15-3-2-4-20(22(15)23-26-9-10-30-23)24(29)28-19-7-8-21(28)17(12-19)11-18-6-5-16(13-25)14-27-18/h2-7,10-11,15,18,20,22H,8-9,12-13H2,1H3;1-6,9-10,14,16,18,21H,7-8,11-12H2;2-6,9-10,14,17,19,21H,7-8,11-12H2,1H3. The number of pyridine rings is 3. The van der Waals surface area contributed by atoms with E-state index < -0.39 is 5.82 Å². The Bertz CT molecular complexity index is 4120. The van der Waals surface area contributed by atoms with Crippen molar-refractivity contribution >= 4 is 17.7 Å². The van der Waals surface area contributed by atoms with Crippen LogP contribution in [0.2, 0.25) is 0 Å². The van der Waals surface area contributed by atoms with Gasteiger partial charge in [-0.1, -0.05) is 30.3 Å². The van der Waals surface area contributed by atoms with E-state index in [2.05, 4.69) is 67.9 Å². The Morgan fingerprint density at radius 1 is 0.457 bits per heavy atom. The quantitative estimate of drug-likeness (QED) is 0.110. The van der Waals surface area contributed by atoms with Crippen LogP contribution < -0.4 is 0 Å². The number of nitriles is 3. The molecule has 19 heteroatoms. The van der Waals surface area contributed by atoms with Crippen molar-refractivity contribution in [3.8, 4) is 52.4 Å². The van der Waals surface area contributed by atoms with Gasteiger partial charge in [0.25, 0.3) is 17.7 Å². The summed E-state index contributed by atoms with van der Waals surface area (Å²) in [6.45, 7) is 3.98. The number of aromatic nitrogens is 8. The minimum atomic E-state index is -0.498. The second kappa shape index (κ2) is 26.4. The van der Waals surface area contributed by atoms with Gasteiger partial charge >= 0.3 is 0 Å². The maximum absolute atomic E-state index is 14.7. The van der Waals surface area contributed by atoms with Gasteiger partial charge in [0.1, 0.15) is 30.3 Å². The number of oxazole rings is 1. The Hall–Kier alpha value is -10.7. The predicted octanol–water partition coefficient (Wildman–Crippen LogP) is 11.9. The molecule has 6 aromatic heterocycles. The summed E-state index contributed by atoms with van der Waals surface area (Å²) in [6, 6.07) is 38.3. The van der Waals surface area contributed by atoms with Crippen LogP contribution in [0.1, 0.15) is 134 Å². The molecule has 18 nitrogen and oxygen atoms in total. The molecule has 6 aliphatic heterocycles. The van der Waals surface area contributed by atoms with Gasteiger partial charge in [0.05, 0.1) is 50.7 Å². The van der Waals surface area contributed by atoms with Gasteiger partial charge in [-0.15, -0.1) is 0 Å². The van der Waals surface area contributed by atoms with E-state index in [0.717, 1.165) is 116 Å². The minimum Gasteiger partial charge on any atom is -0.444 e. The monoisotopic (exact) mass is 1220 g/mol. The molecule has 9 unspecified atom stereocenters. The number of hydrogen-bond donors (Lipinski definition) is 0. The summed E-state index contributed by atoms with van der Waals surface area (Å²) in [5, 5.41) is 26.9. The predicted molar refractivity (Wildman–Crippen MR) is 338 cm³/mol.